The molecule has 0 aliphatic carbocycles. The predicted octanol–water partition coefficient (Wildman–Crippen LogP) is 7.97. The van der Waals surface area contributed by atoms with Crippen LogP contribution in [0.1, 0.15) is 142 Å². The Morgan fingerprint density at radius 3 is 1.10 bits per heavy atom. The first-order valence-corrected chi connectivity index (χ1v) is 13.0. The predicted molar refractivity (Wildman–Crippen MR) is 137 cm³/mol. The van der Waals surface area contributed by atoms with Gasteiger partial charge in [-0.25, -0.2) is 0 Å². The lowest BCUT2D eigenvalue weighted by molar-refractivity contribution is -0.144. The van der Waals surface area contributed by atoms with Crippen LogP contribution in [-0.2, 0) is 19.1 Å². The van der Waals surface area contributed by atoms with Crippen molar-refractivity contribution in [2.45, 2.75) is 142 Å². The lowest BCUT2D eigenvalue weighted by Gasteiger charge is -2.06. The second-order valence-electron chi connectivity index (χ2n) is 8.60. The van der Waals surface area contributed by atoms with Crippen molar-refractivity contribution in [3.05, 3.63) is 0 Å². The molecule has 1 unspecified atom stereocenters. The Bertz CT molecular complexity index is 352. The van der Waals surface area contributed by atoms with Gasteiger partial charge in [0.25, 0.3) is 0 Å². The molecule has 0 radical (unpaired) electrons. The van der Waals surface area contributed by atoms with Crippen LogP contribution in [0.5, 0.6) is 0 Å². The van der Waals surface area contributed by atoms with E-state index in [9.17, 15) is 9.59 Å². The molecule has 4 nitrogen and oxygen atoms in total. The SMILES string of the molecule is CCCCCCCCOC(=O)CCCCCCCCC(=O)OCCCCCCCC.P. The first-order valence-electron chi connectivity index (χ1n) is 13.0. The Kier molecular flexibility index (Phi) is 28.8. The largest absolute Gasteiger partial charge is 0.466 e. The number of hydrogen-bond donors (Lipinski definition) is 0. The second kappa shape index (κ2) is 27.4. The van der Waals surface area contributed by atoms with E-state index in [4.69, 9.17) is 9.47 Å². The lowest BCUT2D eigenvalue weighted by atomic mass is 10.1. The van der Waals surface area contributed by atoms with Crippen LogP contribution in [-0.4, -0.2) is 25.2 Å². The minimum Gasteiger partial charge on any atom is -0.466 e. The highest BCUT2D eigenvalue weighted by molar-refractivity contribution is 6.92. The number of esters is 2. The van der Waals surface area contributed by atoms with Crippen molar-refractivity contribution in [3.63, 3.8) is 0 Å². The fraction of sp³-hybridized carbons (Fsp3) is 0.923. The highest BCUT2D eigenvalue weighted by Crippen LogP contribution is 2.11. The molecular weight excluding hydrogens is 407 g/mol. The molecule has 0 fully saturated rings. The van der Waals surface area contributed by atoms with E-state index in [2.05, 4.69) is 13.8 Å². The van der Waals surface area contributed by atoms with Gasteiger partial charge in [-0.05, 0) is 25.7 Å². The summed E-state index contributed by atoms with van der Waals surface area (Å²) in [5.74, 6) is -0.0895. The van der Waals surface area contributed by atoms with Crippen molar-refractivity contribution < 1.29 is 19.1 Å². The van der Waals surface area contributed by atoms with Gasteiger partial charge in [0.2, 0.25) is 0 Å². The average molecular weight is 461 g/mol. The molecule has 186 valence electrons. The standard InChI is InChI=1S/C26H50O4.H3P/c1-3-5-7-9-15-19-23-29-25(27)21-17-13-11-12-14-18-22-26(28)30-24-20-16-10-8-6-4-2;/h3-24H2,1-2H3;1H3. The Labute approximate surface area is 196 Å². The quantitative estimate of drug-likeness (QED) is 0.0881. The smallest absolute Gasteiger partial charge is 0.305 e. The van der Waals surface area contributed by atoms with Gasteiger partial charge < -0.3 is 9.47 Å². The second-order valence-corrected chi connectivity index (χ2v) is 8.60. The van der Waals surface area contributed by atoms with Gasteiger partial charge >= 0.3 is 11.9 Å². The van der Waals surface area contributed by atoms with Gasteiger partial charge in [0.15, 0.2) is 0 Å². The Balaban J connectivity index is 0. The maximum atomic E-state index is 11.7. The van der Waals surface area contributed by atoms with E-state index in [-0.39, 0.29) is 21.8 Å². The Morgan fingerprint density at radius 2 is 0.742 bits per heavy atom. The average Bonchev–Trinajstić information content (AvgIpc) is 2.74. The van der Waals surface area contributed by atoms with Crippen LogP contribution in [0.2, 0.25) is 0 Å². The zero-order chi connectivity index (χ0) is 22.1. The summed E-state index contributed by atoms with van der Waals surface area (Å²) >= 11 is 0. The summed E-state index contributed by atoms with van der Waals surface area (Å²) in [6, 6.07) is 0. The van der Waals surface area contributed by atoms with Crippen LogP contribution in [0, 0.1) is 0 Å². The van der Waals surface area contributed by atoms with E-state index >= 15 is 0 Å². The van der Waals surface area contributed by atoms with Crippen LogP contribution in [0.15, 0.2) is 0 Å². The van der Waals surface area contributed by atoms with E-state index < -0.39 is 0 Å². The maximum absolute atomic E-state index is 11.7. The summed E-state index contributed by atoms with van der Waals surface area (Å²) in [5.41, 5.74) is 0. The molecule has 0 saturated heterocycles. The lowest BCUT2D eigenvalue weighted by Crippen LogP contribution is -2.06. The fourth-order valence-corrected chi connectivity index (χ4v) is 3.53. The van der Waals surface area contributed by atoms with Gasteiger partial charge in [-0.15, -0.1) is 0 Å². The number of rotatable bonds is 23. The molecule has 0 aliphatic heterocycles. The third-order valence-electron chi connectivity index (χ3n) is 5.53. The van der Waals surface area contributed by atoms with Crippen LogP contribution < -0.4 is 0 Å². The van der Waals surface area contributed by atoms with Crippen molar-refractivity contribution in [3.8, 4) is 0 Å². The Morgan fingerprint density at radius 1 is 0.452 bits per heavy atom. The van der Waals surface area contributed by atoms with Gasteiger partial charge in [0.1, 0.15) is 0 Å². The summed E-state index contributed by atoms with van der Waals surface area (Å²) in [4.78, 5) is 23.4. The first-order chi connectivity index (χ1) is 14.7. The highest BCUT2D eigenvalue weighted by atomic mass is 31.0. The highest BCUT2D eigenvalue weighted by Gasteiger charge is 2.04. The fourth-order valence-electron chi connectivity index (χ4n) is 3.53. The molecule has 0 aliphatic rings. The van der Waals surface area contributed by atoms with E-state index in [1.54, 1.807) is 0 Å². The molecule has 1 atom stereocenters. The van der Waals surface area contributed by atoms with Gasteiger partial charge in [-0.2, -0.15) is 9.90 Å². The van der Waals surface area contributed by atoms with Crippen molar-refractivity contribution in [1.82, 2.24) is 0 Å². The van der Waals surface area contributed by atoms with E-state index in [0.29, 0.717) is 26.1 Å². The van der Waals surface area contributed by atoms with Crippen molar-refractivity contribution >= 4 is 21.8 Å². The zero-order valence-electron chi connectivity index (χ0n) is 20.9. The van der Waals surface area contributed by atoms with Crippen molar-refractivity contribution in [2.75, 3.05) is 13.2 Å². The molecule has 0 spiro atoms. The van der Waals surface area contributed by atoms with Crippen LogP contribution in [0.3, 0.4) is 0 Å². The summed E-state index contributed by atoms with van der Waals surface area (Å²) in [7, 11) is 0. The minimum absolute atomic E-state index is 0. The van der Waals surface area contributed by atoms with Crippen molar-refractivity contribution in [2.24, 2.45) is 0 Å². The van der Waals surface area contributed by atoms with E-state index in [1.165, 1.54) is 64.2 Å². The van der Waals surface area contributed by atoms with Crippen LogP contribution in [0.25, 0.3) is 0 Å². The zero-order valence-corrected chi connectivity index (χ0v) is 22.3. The number of ether oxygens (including phenoxy) is 2. The third kappa shape index (κ3) is 27.3. The molecule has 5 heteroatoms. The number of carbonyl (C=O) groups excluding carboxylic acids is 2. The van der Waals surface area contributed by atoms with Gasteiger partial charge in [0.05, 0.1) is 13.2 Å². The summed E-state index contributed by atoms with van der Waals surface area (Å²) in [5, 5.41) is 0. The molecule has 0 amide bonds. The normalized spacial score (nSPS) is 10.5. The molecular formula is C26H53O4P. The first kappa shape index (κ1) is 32.5. The van der Waals surface area contributed by atoms with Crippen LogP contribution >= 0.6 is 9.90 Å². The number of unbranched alkanes of at least 4 members (excludes halogenated alkanes) is 15. The molecule has 0 bridgehead atoms. The van der Waals surface area contributed by atoms with E-state index in [1.807, 2.05) is 0 Å². The molecule has 0 aromatic heterocycles. The molecule has 0 N–H and O–H groups in total. The minimum atomic E-state index is -0.0448. The monoisotopic (exact) mass is 460 g/mol. The summed E-state index contributed by atoms with van der Waals surface area (Å²) in [6.45, 7) is 5.60. The summed E-state index contributed by atoms with van der Waals surface area (Å²) < 4.78 is 10.6. The van der Waals surface area contributed by atoms with Crippen LogP contribution in [0.4, 0.5) is 0 Å². The Hall–Kier alpha value is -0.630. The topological polar surface area (TPSA) is 52.6 Å². The molecule has 0 saturated carbocycles. The number of carbonyl (C=O) groups is 2. The molecule has 0 rings (SSSR count). The summed E-state index contributed by atoms with van der Waals surface area (Å²) in [6.07, 6.45) is 21.9. The van der Waals surface area contributed by atoms with Gasteiger partial charge in [-0.3, -0.25) is 9.59 Å². The molecule has 0 aromatic rings. The molecule has 0 aromatic carbocycles. The van der Waals surface area contributed by atoms with Gasteiger partial charge in [-0.1, -0.05) is 104 Å². The number of hydrogen-bond acceptors (Lipinski definition) is 4. The van der Waals surface area contributed by atoms with E-state index in [0.717, 1.165) is 51.4 Å². The van der Waals surface area contributed by atoms with Gasteiger partial charge in [0, 0.05) is 12.8 Å². The van der Waals surface area contributed by atoms with Crippen molar-refractivity contribution in [1.29, 1.82) is 0 Å². The molecule has 0 heterocycles. The third-order valence-corrected chi connectivity index (χ3v) is 5.53. The maximum Gasteiger partial charge on any atom is 0.305 e. The molecule has 31 heavy (non-hydrogen) atoms.